The Morgan fingerprint density at radius 1 is 1.04 bits per heavy atom. The van der Waals surface area contributed by atoms with Crippen LogP contribution in [0.4, 0.5) is 5.69 Å². The predicted octanol–water partition coefficient (Wildman–Crippen LogP) is 5.16. The average Bonchev–Trinajstić information content (AvgIpc) is 2.66. The summed E-state index contributed by atoms with van der Waals surface area (Å²) in [6, 6.07) is 17.8. The highest BCUT2D eigenvalue weighted by atomic mass is 79.9. The minimum atomic E-state index is -1.08. The second kappa shape index (κ2) is 10.3. The second-order valence-corrected chi connectivity index (χ2v) is 10.9. The van der Waals surface area contributed by atoms with Crippen LogP contribution in [-0.4, -0.2) is 32.8 Å². The minimum absolute atomic E-state index is 0.0608. The number of carbonyl (C=O) groups is 1. The van der Waals surface area contributed by atoms with Gasteiger partial charge in [0.2, 0.25) is 5.91 Å². The van der Waals surface area contributed by atoms with Gasteiger partial charge in [0.15, 0.2) is 0 Å². The van der Waals surface area contributed by atoms with Crippen molar-refractivity contribution in [3.63, 3.8) is 0 Å². The molecule has 0 radical (unpaired) electrons. The standard InChI is InChI=1S/C22H29BrN2O2S/c1-22(2,3)28(27)24(4)16-10-15-21(26)25(17-18-11-6-5-7-12-18)20-14-9-8-13-19(20)23/h5-9,11-14H,10,15-17H2,1-4H3/t28-/m0/s1. The molecule has 6 heteroatoms. The summed E-state index contributed by atoms with van der Waals surface area (Å²) in [4.78, 5) is 14.9. The van der Waals surface area contributed by atoms with Crippen molar-refractivity contribution in [2.45, 2.75) is 44.9 Å². The van der Waals surface area contributed by atoms with E-state index in [4.69, 9.17) is 0 Å². The van der Waals surface area contributed by atoms with Crippen LogP contribution in [-0.2, 0) is 22.3 Å². The Balaban J connectivity index is 2.07. The van der Waals surface area contributed by atoms with Gasteiger partial charge in [0.05, 0.1) is 28.0 Å². The lowest BCUT2D eigenvalue weighted by Gasteiger charge is -2.27. The summed E-state index contributed by atoms with van der Waals surface area (Å²) in [5.41, 5.74) is 1.94. The van der Waals surface area contributed by atoms with E-state index in [0.29, 0.717) is 25.9 Å². The molecular weight excluding hydrogens is 436 g/mol. The highest BCUT2D eigenvalue weighted by molar-refractivity contribution is 9.10. The van der Waals surface area contributed by atoms with E-state index in [9.17, 15) is 9.00 Å². The number of nitrogens with zero attached hydrogens (tertiary/aromatic N) is 2. The molecule has 0 bridgehead atoms. The molecule has 0 spiro atoms. The van der Waals surface area contributed by atoms with Crippen molar-refractivity contribution in [2.75, 3.05) is 18.5 Å². The number of benzene rings is 2. The number of carbonyl (C=O) groups excluding carboxylic acids is 1. The Bertz CT molecular complexity index is 806. The molecule has 0 aliphatic rings. The van der Waals surface area contributed by atoms with Gasteiger partial charge in [-0.15, -0.1) is 0 Å². The zero-order valence-corrected chi connectivity index (χ0v) is 19.4. The van der Waals surface area contributed by atoms with Crippen molar-refractivity contribution in [1.29, 1.82) is 0 Å². The second-order valence-electron chi connectivity index (χ2n) is 7.73. The fourth-order valence-electron chi connectivity index (χ4n) is 2.88. The molecule has 28 heavy (non-hydrogen) atoms. The van der Waals surface area contributed by atoms with Gasteiger partial charge in [-0.25, -0.2) is 8.51 Å². The number of anilines is 1. The number of amides is 1. The molecule has 4 nitrogen and oxygen atoms in total. The Morgan fingerprint density at radius 3 is 2.25 bits per heavy atom. The van der Waals surface area contributed by atoms with Crippen LogP contribution in [0.1, 0.15) is 39.2 Å². The van der Waals surface area contributed by atoms with Crippen molar-refractivity contribution in [3.8, 4) is 0 Å². The maximum atomic E-state index is 13.1. The van der Waals surface area contributed by atoms with Crippen LogP contribution in [0.25, 0.3) is 0 Å². The molecule has 0 aliphatic heterocycles. The van der Waals surface area contributed by atoms with E-state index in [-0.39, 0.29) is 10.7 Å². The Labute approximate surface area is 179 Å². The molecule has 2 aromatic rings. The highest BCUT2D eigenvalue weighted by Gasteiger charge is 2.24. The maximum Gasteiger partial charge on any atom is 0.227 e. The lowest BCUT2D eigenvalue weighted by molar-refractivity contribution is -0.118. The first-order valence-corrected chi connectivity index (χ1v) is 11.3. The van der Waals surface area contributed by atoms with Crippen LogP contribution < -0.4 is 4.90 Å². The molecule has 0 aliphatic carbocycles. The third-order valence-electron chi connectivity index (χ3n) is 4.30. The summed E-state index contributed by atoms with van der Waals surface area (Å²) in [6.45, 7) is 7.01. The minimum Gasteiger partial charge on any atom is -0.307 e. The molecule has 0 fully saturated rings. The summed E-state index contributed by atoms with van der Waals surface area (Å²) in [5, 5.41) is 0. The van der Waals surface area contributed by atoms with Crippen LogP contribution in [0.2, 0.25) is 0 Å². The van der Waals surface area contributed by atoms with Gasteiger partial charge in [-0.1, -0.05) is 42.5 Å². The van der Waals surface area contributed by atoms with Crippen LogP contribution in [0.3, 0.4) is 0 Å². The van der Waals surface area contributed by atoms with Gasteiger partial charge in [0, 0.05) is 17.4 Å². The first-order valence-electron chi connectivity index (χ1n) is 9.42. The fourth-order valence-corrected chi connectivity index (χ4v) is 4.61. The summed E-state index contributed by atoms with van der Waals surface area (Å²) >= 11 is 3.57. The lowest BCUT2D eigenvalue weighted by Crippen LogP contribution is -2.36. The Morgan fingerprint density at radius 2 is 1.64 bits per heavy atom. The first-order chi connectivity index (χ1) is 13.2. The Hall–Kier alpha value is -1.50. The topological polar surface area (TPSA) is 40.6 Å². The van der Waals surface area contributed by atoms with E-state index >= 15 is 0 Å². The van der Waals surface area contributed by atoms with E-state index in [1.807, 2.05) is 91.6 Å². The molecule has 0 aromatic heterocycles. The van der Waals surface area contributed by atoms with Crippen molar-refractivity contribution >= 4 is 38.5 Å². The zero-order valence-electron chi connectivity index (χ0n) is 17.0. The lowest BCUT2D eigenvalue weighted by atomic mass is 10.1. The molecule has 1 amide bonds. The average molecular weight is 465 g/mol. The van der Waals surface area contributed by atoms with Crippen molar-refractivity contribution < 1.29 is 9.00 Å². The number of hydrogen-bond donors (Lipinski definition) is 0. The number of hydrogen-bond acceptors (Lipinski definition) is 2. The summed E-state index contributed by atoms with van der Waals surface area (Å²) in [7, 11) is 0.771. The van der Waals surface area contributed by atoms with E-state index in [1.165, 1.54) is 0 Å². The molecule has 1 atom stereocenters. The third kappa shape index (κ3) is 6.54. The molecule has 0 heterocycles. The zero-order chi connectivity index (χ0) is 20.7. The molecule has 2 aromatic carbocycles. The quantitative estimate of drug-likeness (QED) is 0.541. The van der Waals surface area contributed by atoms with Crippen LogP contribution in [0.15, 0.2) is 59.1 Å². The van der Waals surface area contributed by atoms with Gasteiger partial charge in [-0.2, -0.15) is 0 Å². The van der Waals surface area contributed by atoms with Gasteiger partial charge in [0.1, 0.15) is 0 Å². The largest absolute Gasteiger partial charge is 0.307 e. The van der Waals surface area contributed by atoms with Gasteiger partial charge >= 0.3 is 0 Å². The van der Waals surface area contributed by atoms with Gasteiger partial charge in [-0.05, 0) is 67.9 Å². The summed E-state index contributed by atoms with van der Waals surface area (Å²) in [6.07, 6.45) is 1.06. The molecule has 0 saturated heterocycles. The highest BCUT2D eigenvalue weighted by Crippen LogP contribution is 2.28. The molecule has 0 unspecified atom stereocenters. The third-order valence-corrected chi connectivity index (χ3v) is 6.77. The van der Waals surface area contributed by atoms with Gasteiger partial charge < -0.3 is 4.90 Å². The van der Waals surface area contributed by atoms with E-state index in [2.05, 4.69) is 15.9 Å². The summed E-state index contributed by atoms with van der Waals surface area (Å²) in [5.74, 6) is 0.0608. The molecule has 0 saturated carbocycles. The van der Waals surface area contributed by atoms with E-state index in [1.54, 1.807) is 0 Å². The summed E-state index contributed by atoms with van der Waals surface area (Å²) < 4.78 is 14.8. The van der Waals surface area contributed by atoms with Crippen LogP contribution in [0, 0.1) is 0 Å². The van der Waals surface area contributed by atoms with E-state index in [0.717, 1.165) is 15.7 Å². The van der Waals surface area contributed by atoms with Crippen molar-refractivity contribution in [3.05, 3.63) is 64.6 Å². The fraction of sp³-hybridized carbons (Fsp3) is 0.409. The number of halogens is 1. The number of rotatable bonds is 8. The van der Waals surface area contributed by atoms with Crippen molar-refractivity contribution in [1.82, 2.24) is 4.31 Å². The Kier molecular flexibility index (Phi) is 8.40. The monoisotopic (exact) mass is 464 g/mol. The molecule has 152 valence electrons. The van der Waals surface area contributed by atoms with Gasteiger partial charge in [0.25, 0.3) is 0 Å². The normalized spacial score (nSPS) is 12.8. The molecular formula is C22H29BrN2O2S. The molecule has 0 N–H and O–H groups in total. The molecule has 2 rings (SSSR count). The van der Waals surface area contributed by atoms with Crippen LogP contribution >= 0.6 is 15.9 Å². The van der Waals surface area contributed by atoms with E-state index < -0.39 is 11.0 Å². The SMILES string of the molecule is CN(CCCC(=O)N(Cc1ccccc1)c1ccccc1Br)[S@@](=O)C(C)(C)C. The van der Waals surface area contributed by atoms with Crippen molar-refractivity contribution in [2.24, 2.45) is 0 Å². The first kappa shape index (κ1) is 22.8. The predicted molar refractivity (Wildman–Crippen MR) is 122 cm³/mol. The smallest absolute Gasteiger partial charge is 0.227 e. The number of para-hydroxylation sites is 1. The van der Waals surface area contributed by atoms with Gasteiger partial charge in [-0.3, -0.25) is 4.79 Å². The van der Waals surface area contributed by atoms with Crippen LogP contribution in [0.5, 0.6) is 0 Å². The maximum absolute atomic E-state index is 13.1.